The van der Waals surface area contributed by atoms with Crippen LogP contribution in [0.15, 0.2) is 0 Å². The summed E-state index contributed by atoms with van der Waals surface area (Å²) in [6.45, 7) is 5.34. The van der Waals surface area contributed by atoms with Crippen molar-refractivity contribution >= 4 is 0 Å². The first-order chi connectivity index (χ1) is 3.39. The number of hydrogen-bond acceptors (Lipinski definition) is 2. The summed E-state index contributed by atoms with van der Waals surface area (Å²) in [7, 11) is 0. The fourth-order valence-electron chi connectivity index (χ4n) is 0.703. The van der Waals surface area contributed by atoms with Crippen molar-refractivity contribution in [1.29, 1.82) is 0 Å². The van der Waals surface area contributed by atoms with E-state index in [1.54, 1.807) is 0 Å². The lowest BCUT2D eigenvalue weighted by atomic mass is 10.3. The Labute approximate surface area is 44.3 Å². The van der Waals surface area contributed by atoms with E-state index in [2.05, 4.69) is 17.6 Å². The van der Waals surface area contributed by atoms with Crippen LogP contribution in [0.2, 0.25) is 0 Å². The molecule has 1 aliphatic heterocycles. The van der Waals surface area contributed by atoms with Gasteiger partial charge in [0.25, 0.3) is 0 Å². The molecule has 1 radical (unpaired) electrons. The summed E-state index contributed by atoms with van der Waals surface area (Å²) in [6.07, 6.45) is 0. The van der Waals surface area contributed by atoms with Crippen LogP contribution in [0.25, 0.3) is 0 Å². The molecule has 1 aliphatic rings. The zero-order chi connectivity index (χ0) is 5.11. The first-order valence-corrected chi connectivity index (χ1v) is 2.66. The number of nitrogens with one attached hydrogen (secondary N) is 2. The van der Waals surface area contributed by atoms with Crippen LogP contribution in [-0.4, -0.2) is 19.6 Å². The summed E-state index contributed by atoms with van der Waals surface area (Å²) in [4.78, 5) is 0. The Morgan fingerprint density at radius 1 is 1.43 bits per heavy atom. The van der Waals surface area contributed by atoms with Crippen molar-refractivity contribution in [2.45, 2.75) is 6.92 Å². The van der Waals surface area contributed by atoms with E-state index in [9.17, 15) is 0 Å². The molecule has 0 saturated carbocycles. The van der Waals surface area contributed by atoms with Gasteiger partial charge in [0.15, 0.2) is 0 Å². The standard InChI is InChI=1S/C5H11N2/c1-5-4-6-2-3-7-5/h6-7H,2-4H2,1H3. The maximum absolute atomic E-state index is 3.24. The van der Waals surface area contributed by atoms with Gasteiger partial charge >= 0.3 is 0 Å². The molecule has 0 amide bonds. The Morgan fingerprint density at radius 3 is 2.57 bits per heavy atom. The molecule has 1 rings (SSSR count). The van der Waals surface area contributed by atoms with Gasteiger partial charge in [0.05, 0.1) is 0 Å². The zero-order valence-corrected chi connectivity index (χ0v) is 4.62. The number of rotatable bonds is 0. The van der Waals surface area contributed by atoms with Crippen LogP contribution in [0.5, 0.6) is 0 Å². The smallest absolute Gasteiger partial charge is 0.0471 e. The highest BCUT2D eigenvalue weighted by Gasteiger charge is 2.04. The second-order valence-corrected chi connectivity index (χ2v) is 1.88. The fourth-order valence-corrected chi connectivity index (χ4v) is 0.703. The van der Waals surface area contributed by atoms with Crippen molar-refractivity contribution in [2.24, 2.45) is 0 Å². The predicted octanol–water partition coefficient (Wildman–Crippen LogP) is -0.269. The molecule has 0 atom stereocenters. The van der Waals surface area contributed by atoms with Crippen LogP contribution in [0.4, 0.5) is 0 Å². The number of piperazine rings is 1. The zero-order valence-electron chi connectivity index (χ0n) is 4.62. The second kappa shape index (κ2) is 2.28. The van der Waals surface area contributed by atoms with Gasteiger partial charge in [-0.05, 0) is 6.92 Å². The SMILES string of the molecule is C[C]1CNCCN1. The molecule has 0 aromatic heterocycles. The van der Waals surface area contributed by atoms with Crippen molar-refractivity contribution in [3.63, 3.8) is 0 Å². The fraction of sp³-hybridized carbons (Fsp3) is 0.800. The molecule has 0 bridgehead atoms. The third-order valence-corrected chi connectivity index (χ3v) is 1.12. The van der Waals surface area contributed by atoms with Gasteiger partial charge in [-0.1, -0.05) is 0 Å². The minimum Gasteiger partial charge on any atom is -0.314 e. The Hall–Kier alpha value is -0.0800. The lowest BCUT2D eigenvalue weighted by Gasteiger charge is -2.18. The maximum Gasteiger partial charge on any atom is 0.0471 e. The van der Waals surface area contributed by atoms with Crippen molar-refractivity contribution < 1.29 is 0 Å². The largest absolute Gasteiger partial charge is 0.314 e. The van der Waals surface area contributed by atoms with Gasteiger partial charge in [0.2, 0.25) is 0 Å². The van der Waals surface area contributed by atoms with Crippen LogP contribution >= 0.6 is 0 Å². The van der Waals surface area contributed by atoms with E-state index in [0.717, 1.165) is 19.6 Å². The average Bonchev–Trinajstić information content (AvgIpc) is 1.69. The Morgan fingerprint density at radius 2 is 2.29 bits per heavy atom. The van der Waals surface area contributed by atoms with Gasteiger partial charge in [0.1, 0.15) is 0 Å². The van der Waals surface area contributed by atoms with Gasteiger partial charge in [-0.15, -0.1) is 0 Å². The van der Waals surface area contributed by atoms with E-state index >= 15 is 0 Å². The highest BCUT2D eigenvalue weighted by molar-refractivity contribution is 4.87. The summed E-state index contributed by atoms with van der Waals surface area (Å²) in [5.74, 6) is 0. The molecule has 1 saturated heterocycles. The minimum atomic E-state index is 1.04. The lowest BCUT2D eigenvalue weighted by molar-refractivity contribution is 0.532. The van der Waals surface area contributed by atoms with Gasteiger partial charge in [-0.3, -0.25) is 0 Å². The van der Waals surface area contributed by atoms with Gasteiger partial charge in [-0.2, -0.15) is 0 Å². The Kier molecular flexibility index (Phi) is 1.65. The highest BCUT2D eigenvalue weighted by atomic mass is 15.0. The van der Waals surface area contributed by atoms with Crippen molar-refractivity contribution in [2.75, 3.05) is 19.6 Å². The molecule has 0 unspecified atom stereocenters. The van der Waals surface area contributed by atoms with Gasteiger partial charge in [-0.25, -0.2) is 0 Å². The molecule has 0 spiro atoms. The van der Waals surface area contributed by atoms with E-state index in [1.807, 2.05) is 0 Å². The summed E-state index contributed by atoms with van der Waals surface area (Å²) >= 11 is 0. The summed E-state index contributed by atoms with van der Waals surface area (Å²) in [5, 5.41) is 6.47. The Balaban J connectivity index is 2.12. The van der Waals surface area contributed by atoms with E-state index < -0.39 is 0 Å². The Bertz CT molecular complexity index is 48.0. The van der Waals surface area contributed by atoms with Crippen molar-refractivity contribution in [3.8, 4) is 0 Å². The predicted molar refractivity (Wildman–Crippen MR) is 29.8 cm³/mol. The van der Waals surface area contributed by atoms with E-state index in [-0.39, 0.29) is 0 Å². The van der Waals surface area contributed by atoms with Crippen molar-refractivity contribution in [1.82, 2.24) is 10.6 Å². The molecule has 1 fully saturated rings. The quantitative estimate of drug-likeness (QED) is 0.437. The third kappa shape index (κ3) is 1.45. The number of hydrogen-bond donors (Lipinski definition) is 2. The average molecular weight is 99.2 g/mol. The van der Waals surface area contributed by atoms with Crippen LogP contribution in [0.3, 0.4) is 0 Å². The molecule has 2 nitrogen and oxygen atoms in total. The summed E-state index contributed by atoms with van der Waals surface area (Å²) in [5.41, 5.74) is 0. The third-order valence-electron chi connectivity index (χ3n) is 1.12. The molecule has 2 heteroatoms. The first kappa shape index (κ1) is 5.06. The monoisotopic (exact) mass is 99.1 g/mol. The molecule has 1 heterocycles. The topological polar surface area (TPSA) is 24.1 Å². The van der Waals surface area contributed by atoms with Gasteiger partial charge < -0.3 is 10.6 Å². The molecule has 0 aromatic carbocycles. The van der Waals surface area contributed by atoms with E-state index in [4.69, 9.17) is 0 Å². The summed E-state index contributed by atoms with van der Waals surface area (Å²) in [6, 6.07) is 1.35. The highest BCUT2D eigenvalue weighted by Crippen LogP contribution is 1.90. The minimum absolute atomic E-state index is 1.04. The molecular formula is C5H11N2. The van der Waals surface area contributed by atoms with Crippen LogP contribution in [-0.2, 0) is 0 Å². The molecule has 41 valence electrons. The van der Waals surface area contributed by atoms with Gasteiger partial charge in [0, 0.05) is 25.7 Å². The molecule has 0 aliphatic carbocycles. The molecular weight excluding hydrogens is 88.1 g/mol. The molecule has 7 heavy (non-hydrogen) atoms. The second-order valence-electron chi connectivity index (χ2n) is 1.88. The lowest BCUT2D eigenvalue weighted by Crippen LogP contribution is -2.41. The maximum atomic E-state index is 3.24. The van der Waals surface area contributed by atoms with E-state index in [0.29, 0.717) is 0 Å². The normalized spacial score (nSPS) is 25.3. The van der Waals surface area contributed by atoms with Crippen LogP contribution in [0, 0.1) is 6.04 Å². The molecule has 2 N–H and O–H groups in total. The molecule has 0 aromatic rings. The first-order valence-electron chi connectivity index (χ1n) is 2.66. The van der Waals surface area contributed by atoms with Crippen LogP contribution < -0.4 is 10.6 Å². The van der Waals surface area contributed by atoms with E-state index in [1.165, 1.54) is 6.04 Å². The van der Waals surface area contributed by atoms with Crippen LogP contribution in [0.1, 0.15) is 6.92 Å². The summed E-state index contributed by atoms with van der Waals surface area (Å²) < 4.78 is 0. The van der Waals surface area contributed by atoms with Crippen molar-refractivity contribution in [3.05, 3.63) is 6.04 Å².